The van der Waals surface area contributed by atoms with E-state index in [2.05, 4.69) is 219 Å². The largest absolute Gasteiger partial charge is 0.310 e. The predicted molar refractivity (Wildman–Crippen MR) is 261 cm³/mol. The Kier molecular flexibility index (Phi) is 8.00. The minimum Gasteiger partial charge on any atom is -0.310 e. The summed E-state index contributed by atoms with van der Waals surface area (Å²) in [6, 6.07) is 74.3. The van der Waals surface area contributed by atoms with Crippen molar-refractivity contribution in [3.05, 3.63) is 211 Å². The Morgan fingerprint density at radius 1 is 0.333 bits per heavy atom. The van der Waals surface area contributed by atoms with Crippen molar-refractivity contribution in [2.24, 2.45) is 0 Å². The monoisotopic (exact) mass is 801 g/mol. The average molecular weight is 802 g/mol. The van der Waals surface area contributed by atoms with Gasteiger partial charge in [0.2, 0.25) is 0 Å². The van der Waals surface area contributed by atoms with Crippen LogP contribution in [0.4, 0.5) is 17.1 Å². The maximum atomic E-state index is 2.44. The summed E-state index contributed by atoms with van der Waals surface area (Å²) in [6.07, 6.45) is 0. The highest BCUT2D eigenvalue weighted by molar-refractivity contribution is 7.26. The quantitative estimate of drug-likeness (QED) is 0.162. The van der Waals surface area contributed by atoms with Crippen molar-refractivity contribution >= 4 is 80.1 Å². The van der Waals surface area contributed by atoms with Crippen LogP contribution < -0.4 is 4.90 Å². The lowest BCUT2D eigenvalue weighted by Crippen LogP contribution is -2.16. The van der Waals surface area contributed by atoms with Crippen LogP contribution in [0.25, 0.3) is 84.9 Å². The number of fused-ring (bicyclic) bond motifs is 9. The van der Waals surface area contributed by atoms with Crippen LogP contribution in [0.2, 0.25) is 0 Å². The SMILES string of the molecule is CC1(C)c2cc(N(c3ccc(-c4ccc5sc6ccccc6c5c4)cc3)c3ccc(-c4ccc5sc6ccccc6c5c4)cc3)ccc2-c2c(-c3ccccc3)cccc21. The summed E-state index contributed by atoms with van der Waals surface area (Å²) in [5.74, 6) is 0. The Bertz CT molecular complexity index is 3280. The number of thiophene rings is 2. The van der Waals surface area contributed by atoms with Gasteiger partial charge in [-0.05, 0) is 128 Å². The van der Waals surface area contributed by atoms with Crippen LogP contribution >= 0.6 is 22.7 Å². The van der Waals surface area contributed by atoms with Gasteiger partial charge in [-0.15, -0.1) is 22.7 Å². The number of benzene rings is 9. The van der Waals surface area contributed by atoms with Gasteiger partial charge in [0.1, 0.15) is 0 Å². The Morgan fingerprint density at radius 2 is 0.833 bits per heavy atom. The summed E-state index contributed by atoms with van der Waals surface area (Å²) in [7, 11) is 0. The Hall–Kier alpha value is -6.78. The van der Waals surface area contributed by atoms with Crippen molar-refractivity contribution < 1.29 is 0 Å². The van der Waals surface area contributed by atoms with E-state index in [0.29, 0.717) is 0 Å². The molecule has 284 valence electrons. The van der Waals surface area contributed by atoms with Crippen LogP contribution in [0.3, 0.4) is 0 Å². The zero-order valence-corrected chi connectivity index (χ0v) is 34.9. The van der Waals surface area contributed by atoms with Gasteiger partial charge in [-0.3, -0.25) is 0 Å². The normalized spacial score (nSPS) is 13.0. The van der Waals surface area contributed by atoms with E-state index in [4.69, 9.17) is 0 Å². The third kappa shape index (κ3) is 5.58. The van der Waals surface area contributed by atoms with Gasteiger partial charge in [-0.25, -0.2) is 0 Å². The number of hydrogen-bond donors (Lipinski definition) is 0. The van der Waals surface area contributed by atoms with Gasteiger partial charge in [-0.1, -0.05) is 141 Å². The Morgan fingerprint density at radius 3 is 1.42 bits per heavy atom. The molecule has 1 aliphatic carbocycles. The second-order valence-corrected chi connectivity index (χ2v) is 18.7. The van der Waals surface area contributed by atoms with Gasteiger partial charge in [0.15, 0.2) is 0 Å². The smallest absolute Gasteiger partial charge is 0.0465 e. The molecule has 60 heavy (non-hydrogen) atoms. The lowest BCUT2D eigenvalue weighted by atomic mass is 9.81. The molecule has 0 unspecified atom stereocenters. The fourth-order valence-electron chi connectivity index (χ4n) is 9.64. The highest BCUT2D eigenvalue weighted by atomic mass is 32.1. The van der Waals surface area contributed by atoms with E-state index >= 15 is 0 Å². The molecule has 2 aromatic heterocycles. The molecule has 0 spiro atoms. The number of anilines is 3. The predicted octanol–water partition coefficient (Wildman–Crippen LogP) is 17.2. The number of rotatable bonds is 6. The molecule has 0 saturated heterocycles. The van der Waals surface area contributed by atoms with E-state index in [-0.39, 0.29) is 5.41 Å². The maximum absolute atomic E-state index is 2.44. The van der Waals surface area contributed by atoms with Crippen molar-refractivity contribution in [2.75, 3.05) is 4.90 Å². The topological polar surface area (TPSA) is 3.24 Å². The molecule has 3 heteroatoms. The van der Waals surface area contributed by atoms with Crippen LogP contribution in [0, 0.1) is 0 Å². The molecule has 12 rings (SSSR count). The van der Waals surface area contributed by atoms with Crippen molar-refractivity contribution in [3.8, 4) is 44.5 Å². The molecule has 0 atom stereocenters. The lowest BCUT2D eigenvalue weighted by molar-refractivity contribution is 0.660. The molecular weight excluding hydrogens is 763 g/mol. The average Bonchev–Trinajstić information content (AvgIpc) is 3.94. The number of nitrogens with zero attached hydrogens (tertiary/aromatic N) is 1. The molecule has 11 aromatic rings. The molecule has 0 aliphatic heterocycles. The van der Waals surface area contributed by atoms with E-state index in [0.717, 1.165) is 17.1 Å². The summed E-state index contributed by atoms with van der Waals surface area (Å²) >= 11 is 3.73. The molecule has 0 N–H and O–H groups in total. The standard InChI is InChI=1S/C57H39NS2/c1-57(2)50-16-10-15-44(38-11-4-3-5-12-38)56(50)47-30-29-43(35-51(47)57)58(41-25-19-36(20-26-41)39-23-31-54-48(33-39)45-13-6-8-17-52(45)59-54)42-27-21-37(22-28-42)40-24-32-55-49(34-40)46-14-7-9-18-53(46)60-55/h3-35H,1-2H3. The zero-order valence-electron chi connectivity index (χ0n) is 33.3. The van der Waals surface area contributed by atoms with Crippen molar-refractivity contribution in [1.82, 2.24) is 0 Å². The van der Waals surface area contributed by atoms with Gasteiger partial charge in [0.25, 0.3) is 0 Å². The molecule has 0 fully saturated rings. The summed E-state index contributed by atoms with van der Waals surface area (Å²) in [5.41, 5.74) is 16.0. The molecule has 9 aromatic carbocycles. The molecule has 1 nitrogen and oxygen atoms in total. The lowest BCUT2D eigenvalue weighted by Gasteiger charge is -2.28. The van der Waals surface area contributed by atoms with Crippen molar-refractivity contribution in [2.45, 2.75) is 19.3 Å². The number of hydrogen-bond acceptors (Lipinski definition) is 3. The first-order valence-corrected chi connectivity index (χ1v) is 22.3. The second-order valence-electron chi connectivity index (χ2n) is 16.5. The first kappa shape index (κ1) is 35.2. The van der Waals surface area contributed by atoms with E-state index in [1.807, 2.05) is 22.7 Å². The summed E-state index contributed by atoms with van der Waals surface area (Å²) in [5, 5.41) is 5.29. The van der Waals surface area contributed by atoms with E-state index in [1.54, 1.807) is 0 Å². The van der Waals surface area contributed by atoms with Gasteiger partial charge in [0, 0.05) is 62.8 Å². The van der Waals surface area contributed by atoms with Gasteiger partial charge < -0.3 is 4.90 Å². The van der Waals surface area contributed by atoms with Crippen LogP contribution in [0.5, 0.6) is 0 Å². The minimum absolute atomic E-state index is 0.167. The molecule has 0 saturated carbocycles. The Balaban J connectivity index is 0.969. The third-order valence-corrected chi connectivity index (χ3v) is 15.0. The fraction of sp³-hybridized carbons (Fsp3) is 0.0526. The van der Waals surface area contributed by atoms with Crippen LogP contribution in [0.1, 0.15) is 25.0 Å². The minimum atomic E-state index is -0.167. The van der Waals surface area contributed by atoms with Crippen molar-refractivity contribution in [3.63, 3.8) is 0 Å². The van der Waals surface area contributed by atoms with Crippen LogP contribution in [-0.2, 0) is 5.41 Å². The fourth-order valence-corrected chi connectivity index (χ4v) is 11.8. The first-order valence-electron chi connectivity index (χ1n) is 20.7. The molecule has 0 radical (unpaired) electrons. The molecule has 0 bridgehead atoms. The Labute approximate surface area is 358 Å². The maximum Gasteiger partial charge on any atom is 0.0465 e. The highest BCUT2D eigenvalue weighted by Crippen LogP contribution is 2.54. The molecule has 2 heterocycles. The summed E-state index contributed by atoms with van der Waals surface area (Å²) in [6.45, 7) is 4.76. The van der Waals surface area contributed by atoms with Gasteiger partial charge in [0.05, 0.1) is 0 Å². The van der Waals surface area contributed by atoms with Crippen molar-refractivity contribution in [1.29, 1.82) is 0 Å². The van der Waals surface area contributed by atoms with E-state index < -0.39 is 0 Å². The zero-order chi connectivity index (χ0) is 40.0. The van der Waals surface area contributed by atoms with E-state index in [1.165, 1.54) is 96.0 Å². The van der Waals surface area contributed by atoms with Crippen LogP contribution in [-0.4, -0.2) is 0 Å². The second kappa shape index (κ2) is 13.6. The molecular formula is C57H39NS2. The van der Waals surface area contributed by atoms with Gasteiger partial charge >= 0.3 is 0 Å². The first-order chi connectivity index (χ1) is 29.5. The molecule has 1 aliphatic rings. The third-order valence-electron chi connectivity index (χ3n) is 12.7. The van der Waals surface area contributed by atoms with Crippen LogP contribution in [0.15, 0.2) is 200 Å². The van der Waals surface area contributed by atoms with E-state index in [9.17, 15) is 0 Å². The highest BCUT2D eigenvalue weighted by Gasteiger charge is 2.37. The summed E-state index contributed by atoms with van der Waals surface area (Å²) in [4.78, 5) is 2.43. The summed E-state index contributed by atoms with van der Waals surface area (Å²) < 4.78 is 5.32. The molecule has 0 amide bonds. The van der Waals surface area contributed by atoms with Gasteiger partial charge in [-0.2, -0.15) is 0 Å².